The lowest BCUT2D eigenvalue weighted by atomic mass is 9.77. The maximum absolute atomic E-state index is 13.0. The molecule has 2 atom stereocenters. The van der Waals surface area contributed by atoms with Gasteiger partial charge in [0, 0.05) is 47.5 Å². The first-order valence-corrected chi connectivity index (χ1v) is 18.7. The fourth-order valence-electron chi connectivity index (χ4n) is 7.72. The van der Waals surface area contributed by atoms with Crippen molar-refractivity contribution < 1.29 is 48.6 Å². The number of aryl methyl sites for hydroxylation is 1. The molecule has 3 N–H and O–H groups in total. The van der Waals surface area contributed by atoms with Crippen LogP contribution < -0.4 is 18.9 Å². The highest BCUT2D eigenvalue weighted by Gasteiger charge is 2.53. The summed E-state index contributed by atoms with van der Waals surface area (Å²) in [5, 5.41) is 38.6. The Morgan fingerprint density at radius 2 is 1.51 bits per heavy atom. The number of aromatic nitrogens is 3. The molecule has 13 nitrogen and oxygen atoms in total. The van der Waals surface area contributed by atoms with Crippen LogP contribution in [0, 0.1) is 0 Å². The van der Waals surface area contributed by atoms with Crippen LogP contribution in [-0.4, -0.2) is 48.7 Å². The number of hydrogen-bond acceptors (Lipinski definition) is 12. The SMILES string of the molecule is O=C1OC2(c3ccc(O)cc3Oc3cc(OCc4cn(CCCCCCOc5ccc(C6CC(=O)c7c(O)cc(O)cc7O6)cc5)nn4)ccc32)c2ccccc21. The zero-order valence-corrected chi connectivity index (χ0v) is 30.6. The van der Waals surface area contributed by atoms with E-state index in [0.29, 0.717) is 58.3 Å². The number of esters is 1. The molecule has 3 aliphatic heterocycles. The highest BCUT2D eigenvalue weighted by Crippen LogP contribution is 2.57. The number of unbranched alkanes of at least 4 members (excludes halogenated alkanes) is 3. The molecule has 2 unspecified atom stereocenters. The van der Waals surface area contributed by atoms with Crippen LogP contribution in [0.5, 0.6) is 46.0 Å². The summed E-state index contributed by atoms with van der Waals surface area (Å²) in [6, 6.07) is 27.3. The lowest BCUT2D eigenvalue weighted by Gasteiger charge is -2.36. The first-order valence-electron chi connectivity index (χ1n) is 18.7. The van der Waals surface area contributed by atoms with E-state index >= 15 is 0 Å². The minimum atomic E-state index is -1.23. The molecule has 1 spiro atoms. The molecule has 9 rings (SSSR count). The fourth-order valence-corrected chi connectivity index (χ4v) is 7.72. The zero-order valence-electron chi connectivity index (χ0n) is 30.6. The molecule has 5 aromatic carbocycles. The number of carbonyl (C=O) groups is 2. The van der Waals surface area contributed by atoms with Gasteiger partial charge in [0.2, 0.25) is 0 Å². The minimum Gasteiger partial charge on any atom is -0.508 e. The molecule has 57 heavy (non-hydrogen) atoms. The zero-order chi connectivity index (χ0) is 39.1. The Kier molecular flexibility index (Phi) is 9.12. The predicted octanol–water partition coefficient (Wildman–Crippen LogP) is 7.89. The Morgan fingerprint density at radius 3 is 2.37 bits per heavy atom. The van der Waals surface area contributed by atoms with Crippen LogP contribution in [0.2, 0.25) is 0 Å². The summed E-state index contributed by atoms with van der Waals surface area (Å²) in [5.74, 6) is 1.15. The molecule has 0 fully saturated rings. The molecule has 0 amide bonds. The molecule has 288 valence electrons. The molecule has 0 saturated carbocycles. The van der Waals surface area contributed by atoms with E-state index in [1.165, 1.54) is 12.1 Å². The lowest BCUT2D eigenvalue weighted by molar-refractivity contribution is 0.0224. The van der Waals surface area contributed by atoms with Crippen molar-refractivity contribution in [1.29, 1.82) is 0 Å². The van der Waals surface area contributed by atoms with Crippen LogP contribution in [0.25, 0.3) is 0 Å². The average Bonchev–Trinajstić information content (AvgIpc) is 3.78. The van der Waals surface area contributed by atoms with Gasteiger partial charge in [-0.15, -0.1) is 5.10 Å². The topological polar surface area (TPSA) is 172 Å². The number of rotatable bonds is 12. The van der Waals surface area contributed by atoms with Gasteiger partial charge in [-0.25, -0.2) is 4.79 Å². The van der Waals surface area contributed by atoms with Gasteiger partial charge in [0.25, 0.3) is 0 Å². The number of fused-ring (bicyclic) bond motifs is 7. The Morgan fingerprint density at radius 1 is 0.754 bits per heavy atom. The molecular formula is C44H37N3O10. The van der Waals surface area contributed by atoms with E-state index in [4.69, 9.17) is 23.7 Å². The van der Waals surface area contributed by atoms with Crippen LogP contribution >= 0.6 is 0 Å². The van der Waals surface area contributed by atoms with Gasteiger partial charge in [-0.1, -0.05) is 42.0 Å². The number of phenolic OH excluding ortho intramolecular Hbond substituents is 3. The summed E-state index contributed by atoms with van der Waals surface area (Å²) in [5.41, 5.74) is 2.80. The molecule has 13 heteroatoms. The van der Waals surface area contributed by atoms with Crippen LogP contribution in [0.1, 0.15) is 86.9 Å². The molecule has 3 aliphatic rings. The van der Waals surface area contributed by atoms with Crippen LogP contribution in [0.3, 0.4) is 0 Å². The maximum Gasteiger partial charge on any atom is 0.340 e. The number of nitrogens with zero attached hydrogens (tertiary/aromatic N) is 3. The number of aromatic hydroxyl groups is 3. The van der Waals surface area contributed by atoms with Crippen molar-refractivity contribution in [2.75, 3.05) is 6.61 Å². The van der Waals surface area contributed by atoms with E-state index in [1.807, 2.05) is 54.7 Å². The Balaban J connectivity index is 0.735. The molecule has 6 aromatic rings. The lowest BCUT2D eigenvalue weighted by Crippen LogP contribution is -2.32. The van der Waals surface area contributed by atoms with Crippen LogP contribution in [0.15, 0.2) is 103 Å². The third-order valence-electron chi connectivity index (χ3n) is 10.4. The molecule has 0 aliphatic carbocycles. The quantitative estimate of drug-likeness (QED) is 0.0814. The summed E-state index contributed by atoms with van der Waals surface area (Å²) in [6.07, 6.45) is 5.21. The van der Waals surface area contributed by atoms with Gasteiger partial charge in [-0.3, -0.25) is 9.48 Å². The largest absolute Gasteiger partial charge is 0.508 e. The van der Waals surface area contributed by atoms with Gasteiger partial charge in [0.1, 0.15) is 70.0 Å². The van der Waals surface area contributed by atoms with Crippen molar-refractivity contribution in [1.82, 2.24) is 15.0 Å². The summed E-state index contributed by atoms with van der Waals surface area (Å²) < 4.78 is 32.1. The third-order valence-corrected chi connectivity index (χ3v) is 10.4. The van der Waals surface area contributed by atoms with E-state index < -0.39 is 17.7 Å². The molecule has 4 heterocycles. The minimum absolute atomic E-state index is 0.0287. The number of Topliss-reactive ketones (excluding diaryl/α,β-unsaturated/α-hetero) is 1. The predicted molar refractivity (Wildman–Crippen MR) is 203 cm³/mol. The molecule has 0 saturated heterocycles. The second-order valence-corrected chi connectivity index (χ2v) is 14.2. The van der Waals surface area contributed by atoms with Crippen molar-refractivity contribution in [3.05, 3.63) is 142 Å². The van der Waals surface area contributed by atoms with Gasteiger partial charge in [0.15, 0.2) is 11.4 Å². The first kappa shape index (κ1) is 35.7. The van der Waals surface area contributed by atoms with Gasteiger partial charge in [0.05, 0.1) is 24.8 Å². The summed E-state index contributed by atoms with van der Waals surface area (Å²) >= 11 is 0. The second-order valence-electron chi connectivity index (χ2n) is 14.2. The van der Waals surface area contributed by atoms with Crippen LogP contribution in [0.4, 0.5) is 0 Å². The Labute approximate surface area is 326 Å². The standard InChI is InChI=1S/C44H37N3O10/c48-28-11-15-34-39(20-28)56-40-22-31(14-16-35(40)44(34)33-8-4-3-7-32(33)43(52)57-44)54-25-27-24-47(46-45-27)17-5-1-2-6-18-53-30-12-9-26(10-13-30)38-23-37(51)42-36(50)19-29(49)21-41(42)55-38/h3-4,7-16,19-22,24,38,48-50H,1-2,5-6,17-18,23,25H2. The highest BCUT2D eigenvalue weighted by atomic mass is 16.6. The van der Waals surface area contributed by atoms with E-state index in [-0.39, 0.29) is 47.4 Å². The summed E-state index contributed by atoms with van der Waals surface area (Å²) in [7, 11) is 0. The summed E-state index contributed by atoms with van der Waals surface area (Å²) in [6.45, 7) is 1.47. The summed E-state index contributed by atoms with van der Waals surface area (Å²) in [4.78, 5) is 25.7. The molecule has 0 bridgehead atoms. The van der Waals surface area contributed by atoms with Gasteiger partial charge in [-0.2, -0.15) is 0 Å². The highest BCUT2D eigenvalue weighted by molar-refractivity contribution is 6.02. The Bertz CT molecular complexity index is 2520. The Hall–Kier alpha value is -7.02. The van der Waals surface area contributed by atoms with Crippen molar-refractivity contribution in [2.45, 2.75) is 57.0 Å². The monoisotopic (exact) mass is 767 g/mol. The van der Waals surface area contributed by atoms with Gasteiger partial charge >= 0.3 is 5.97 Å². The van der Waals surface area contributed by atoms with Gasteiger partial charge in [-0.05, 0) is 67.3 Å². The second kappa shape index (κ2) is 14.6. The fraction of sp³-hybridized carbons (Fsp3) is 0.227. The van der Waals surface area contributed by atoms with Crippen LogP contribution in [-0.2, 0) is 23.5 Å². The number of ether oxygens (including phenoxy) is 5. The van der Waals surface area contributed by atoms with Crippen molar-refractivity contribution >= 4 is 11.8 Å². The maximum atomic E-state index is 13.0. The third kappa shape index (κ3) is 6.70. The number of benzene rings is 5. The number of ketones is 1. The average molecular weight is 768 g/mol. The molecule has 0 radical (unpaired) electrons. The molecular weight excluding hydrogens is 730 g/mol. The molecule has 1 aromatic heterocycles. The van der Waals surface area contributed by atoms with Gasteiger partial charge < -0.3 is 39.0 Å². The van der Waals surface area contributed by atoms with Crippen molar-refractivity contribution in [2.24, 2.45) is 0 Å². The normalized spacial score (nSPS) is 17.4. The first-order chi connectivity index (χ1) is 27.7. The van der Waals surface area contributed by atoms with Crippen molar-refractivity contribution in [3.8, 4) is 46.0 Å². The van der Waals surface area contributed by atoms with E-state index in [9.17, 15) is 24.9 Å². The number of hydrogen-bond donors (Lipinski definition) is 3. The van der Waals surface area contributed by atoms with Crippen molar-refractivity contribution in [3.63, 3.8) is 0 Å². The van der Waals surface area contributed by atoms with E-state index in [0.717, 1.165) is 43.1 Å². The van der Waals surface area contributed by atoms with E-state index in [1.54, 1.807) is 35.0 Å². The number of carbonyl (C=O) groups excluding carboxylic acids is 2. The smallest absolute Gasteiger partial charge is 0.340 e. The van der Waals surface area contributed by atoms with E-state index in [2.05, 4.69) is 10.3 Å². The number of phenols is 3.